The summed E-state index contributed by atoms with van der Waals surface area (Å²) >= 11 is 0. The smallest absolute Gasteiger partial charge is 0.274 e. The van der Waals surface area contributed by atoms with E-state index in [-0.39, 0.29) is 30.5 Å². The van der Waals surface area contributed by atoms with Gasteiger partial charge in [-0.1, -0.05) is 0 Å². The molecule has 8 heteroatoms. The maximum absolute atomic E-state index is 12.4. The number of rotatable bonds is 4. The number of hydrogen-bond acceptors (Lipinski definition) is 6. The van der Waals surface area contributed by atoms with Gasteiger partial charge in [0.25, 0.3) is 5.91 Å². The molecule has 138 valence electrons. The minimum absolute atomic E-state index is 0. The van der Waals surface area contributed by atoms with Crippen LogP contribution >= 0.6 is 12.4 Å². The Balaban J connectivity index is 0.00000225. The van der Waals surface area contributed by atoms with Crippen molar-refractivity contribution in [1.82, 2.24) is 9.91 Å². The quantitative estimate of drug-likeness (QED) is 0.821. The molecule has 0 aromatic heterocycles. The number of carbonyl (C=O) groups excluding carboxylic acids is 1. The zero-order chi connectivity index (χ0) is 17.2. The number of carbonyl (C=O) groups is 1. The Morgan fingerprint density at radius 2 is 1.84 bits per heavy atom. The molecule has 3 rings (SSSR count). The number of amides is 1. The number of aliphatic hydroxyl groups is 1. The highest BCUT2D eigenvalue weighted by molar-refractivity contribution is 6.06. The standard InChI is InChI=1S/C17H23N3O4.ClH/c1-17(23)12-15(13-2-4-14(21)5-3-13)18-20(16(17)22)7-6-19-8-10-24-11-9-19;/h2-5,21,23H,6-12H2,1H3;1H. The number of phenols is 1. The Hall–Kier alpha value is -1.67. The van der Waals surface area contributed by atoms with Crippen molar-refractivity contribution in [2.24, 2.45) is 5.10 Å². The van der Waals surface area contributed by atoms with E-state index in [0.29, 0.717) is 32.0 Å². The Morgan fingerprint density at radius 3 is 2.48 bits per heavy atom. The molecule has 1 saturated heterocycles. The summed E-state index contributed by atoms with van der Waals surface area (Å²) < 4.78 is 5.32. The summed E-state index contributed by atoms with van der Waals surface area (Å²) in [4.78, 5) is 14.7. The predicted octanol–water partition coefficient (Wildman–Crippen LogP) is 0.834. The van der Waals surface area contributed by atoms with Crippen molar-refractivity contribution in [1.29, 1.82) is 0 Å². The lowest BCUT2D eigenvalue weighted by Gasteiger charge is -2.35. The maximum Gasteiger partial charge on any atom is 0.274 e. The Morgan fingerprint density at radius 1 is 1.20 bits per heavy atom. The van der Waals surface area contributed by atoms with E-state index >= 15 is 0 Å². The number of halogens is 1. The number of ether oxygens (including phenoxy) is 1. The van der Waals surface area contributed by atoms with E-state index in [9.17, 15) is 15.0 Å². The van der Waals surface area contributed by atoms with Gasteiger partial charge in [-0.15, -0.1) is 12.4 Å². The second kappa shape index (κ2) is 8.14. The lowest BCUT2D eigenvalue weighted by molar-refractivity contribution is -0.150. The van der Waals surface area contributed by atoms with Gasteiger partial charge in [0.1, 0.15) is 11.4 Å². The van der Waals surface area contributed by atoms with Gasteiger partial charge >= 0.3 is 0 Å². The van der Waals surface area contributed by atoms with E-state index in [0.717, 1.165) is 18.7 Å². The van der Waals surface area contributed by atoms with Gasteiger partial charge in [0, 0.05) is 26.1 Å². The third-order valence-corrected chi connectivity index (χ3v) is 4.38. The van der Waals surface area contributed by atoms with E-state index in [1.165, 1.54) is 11.9 Å². The molecule has 1 aromatic carbocycles. The highest BCUT2D eigenvalue weighted by Crippen LogP contribution is 2.24. The normalized spacial score (nSPS) is 24.6. The molecule has 0 bridgehead atoms. The molecule has 7 nitrogen and oxygen atoms in total. The van der Waals surface area contributed by atoms with Crippen LogP contribution in [0.5, 0.6) is 5.75 Å². The van der Waals surface area contributed by atoms with Crippen molar-refractivity contribution in [3.63, 3.8) is 0 Å². The molecular formula is C17H24ClN3O4. The van der Waals surface area contributed by atoms with Crippen LogP contribution in [0.4, 0.5) is 0 Å². The van der Waals surface area contributed by atoms with E-state index in [4.69, 9.17) is 4.74 Å². The number of aromatic hydroxyl groups is 1. The number of phenolic OH excluding ortho intramolecular Hbond substituents is 1. The molecule has 1 aromatic rings. The zero-order valence-electron chi connectivity index (χ0n) is 14.2. The first-order valence-electron chi connectivity index (χ1n) is 8.17. The fraction of sp³-hybridized carbons (Fsp3) is 0.529. The first-order valence-corrected chi connectivity index (χ1v) is 8.17. The molecule has 2 N–H and O–H groups in total. The number of nitrogens with zero attached hydrogens (tertiary/aromatic N) is 3. The van der Waals surface area contributed by atoms with Crippen molar-refractivity contribution >= 4 is 24.0 Å². The molecule has 1 amide bonds. The van der Waals surface area contributed by atoms with Crippen LogP contribution in [0.2, 0.25) is 0 Å². The highest BCUT2D eigenvalue weighted by Gasteiger charge is 2.40. The van der Waals surface area contributed by atoms with Crippen molar-refractivity contribution in [2.75, 3.05) is 39.4 Å². The van der Waals surface area contributed by atoms with Crippen LogP contribution in [0.25, 0.3) is 0 Å². The summed E-state index contributed by atoms with van der Waals surface area (Å²) in [7, 11) is 0. The first-order chi connectivity index (χ1) is 11.5. The largest absolute Gasteiger partial charge is 0.508 e. The summed E-state index contributed by atoms with van der Waals surface area (Å²) in [5.41, 5.74) is -0.0431. The summed E-state index contributed by atoms with van der Waals surface area (Å²) in [6.45, 7) is 5.72. The summed E-state index contributed by atoms with van der Waals surface area (Å²) in [5, 5.41) is 25.7. The second-order valence-electron chi connectivity index (χ2n) is 6.43. The van der Waals surface area contributed by atoms with Crippen LogP contribution in [0.1, 0.15) is 18.9 Å². The Labute approximate surface area is 153 Å². The fourth-order valence-corrected chi connectivity index (χ4v) is 2.93. The molecule has 2 aliphatic heterocycles. The minimum Gasteiger partial charge on any atom is -0.508 e. The van der Waals surface area contributed by atoms with Crippen LogP contribution in [0.15, 0.2) is 29.4 Å². The molecule has 2 heterocycles. The van der Waals surface area contributed by atoms with Gasteiger partial charge < -0.3 is 14.9 Å². The number of morpholine rings is 1. The third kappa shape index (κ3) is 4.70. The van der Waals surface area contributed by atoms with Crippen molar-refractivity contribution in [3.05, 3.63) is 29.8 Å². The molecule has 2 aliphatic rings. The van der Waals surface area contributed by atoms with Crippen LogP contribution in [-0.4, -0.2) is 76.7 Å². The molecule has 0 aliphatic carbocycles. The SMILES string of the molecule is CC1(O)CC(c2ccc(O)cc2)=NN(CCN2CCOCC2)C1=O.Cl. The topological polar surface area (TPSA) is 85.6 Å². The number of hydrogen-bond donors (Lipinski definition) is 2. The van der Waals surface area contributed by atoms with Gasteiger partial charge in [0.2, 0.25) is 0 Å². The predicted molar refractivity (Wildman–Crippen MR) is 96.1 cm³/mol. The molecule has 25 heavy (non-hydrogen) atoms. The molecule has 0 spiro atoms. The van der Waals surface area contributed by atoms with Gasteiger partial charge in [-0.3, -0.25) is 9.69 Å². The number of hydrazone groups is 1. The summed E-state index contributed by atoms with van der Waals surface area (Å²) in [6.07, 6.45) is 0.157. The first kappa shape index (κ1) is 19.7. The third-order valence-electron chi connectivity index (χ3n) is 4.38. The van der Waals surface area contributed by atoms with Gasteiger partial charge in [-0.2, -0.15) is 5.10 Å². The summed E-state index contributed by atoms with van der Waals surface area (Å²) in [6, 6.07) is 6.61. The van der Waals surface area contributed by atoms with E-state index in [2.05, 4.69) is 10.0 Å². The van der Waals surface area contributed by atoms with Gasteiger partial charge in [-0.25, -0.2) is 5.01 Å². The number of benzene rings is 1. The molecule has 1 unspecified atom stereocenters. The highest BCUT2D eigenvalue weighted by atomic mass is 35.5. The Bertz CT molecular complexity index is 627. The van der Waals surface area contributed by atoms with Crippen molar-refractivity contribution in [3.8, 4) is 5.75 Å². The minimum atomic E-state index is -1.47. The lowest BCUT2D eigenvalue weighted by Crippen LogP contribution is -2.52. The van der Waals surface area contributed by atoms with Crippen molar-refractivity contribution < 1.29 is 19.7 Å². The monoisotopic (exact) mass is 369 g/mol. The fourth-order valence-electron chi connectivity index (χ4n) is 2.93. The van der Waals surface area contributed by atoms with Crippen LogP contribution < -0.4 is 0 Å². The second-order valence-corrected chi connectivity index (χ2v) is 6.43. The van der Waals surface area contributed by atoms with E-state index in [1.807, 2.05) is 0 Å². The maximum atomic E-state index is 12.4. The van der Waals surface area contributed by atoms with Crippen molar-refractivity contribution in [2.45, 2.75) is 18.9 Å². The molecular weight excluding hydrogens is 346 g/mol. The van der Waals surface area contributed by atoms with Crippen LogP contribution in [-0.2, 0) is 9.53 Å². The van der Waals surface area contributed by atoms with E-state index in [1.54, 1.807) is 24.3 Å². The van der Waals surface area contributed by atoms with Crippen LogP contribution in [0.3, 0.4) is 0 Å². The summed E-state index contributed by atoms with van der Waals surface area (Å²) in [5.74, 6) is -0.208. The van der Waals surface area contributed by atoms with Gasteiger partial charge in [-0.05, 0) is 36.8 Å². The lowest BCUT2D eigenvalue weighted by atomic mass is 9.92. The molecule has 1 atom stereocenters. The van der Waals surface area contributed by atoms with E-state index < -0.39 is 5.60 Å². The van der Waals surface area contributed by atoms with Gasteiger partial charge in [0.15, 0.2) is 0 Å². The zero-order valence-corrected chi connectivity index (χ0v) is 15.0. The average molecular weight is 370 g/mol. The Kier molecular flexibility index (Phi) is 6.40. The molecule has 1 fully saturated rings. The van der Waals surface area contributed by atoms with Crippen LogP contribution in [0, 0.1) is 0 Å². The molecule has 0 saturated carbocycles. The molecule has 0 radical (unpaired) electrons. The van der Waals surface area contributed by atoms with Gasteiger partial charge in [0.05, 0.1) is 25.5 Å². The average Bonchev–Trinajstić information content (AvgIpc) is 2.57.